The minimum Gasteiger partial charge on any atom is -0.357 e. The standard InChI is InChI=1S/C19H28N4O2/c1-20-18(24)16-10-6-12-23(16)19(25)22-17(14-7-3-2-4-8-14)15-9-5-11-21-13-15/h5,9,11,13-14,16-17H,2-4,6-8,10,12H2,1H3,(H,20,24)(H,22,25)/t16-,17-/m0/s1. The Morgan fingerprint density at radius 3 is 2.68 bits per heavy atom. The normalized spacial score (nSPS) is 22.4. The van der Waals surface area contributed by atoms with Crippen molar-refractivity contribution in [3.8, 4) is 0 Å². The third kappa shape index (κ3) is 4.11. The monoisotopic (exact) mass is 344 g/mol. The number of nitrogens with one attached hydrogen (secondary N) is 2. The van der Waals surface area contributed by atoms with Crippen molar-refractivity contribution in [2.75, 3.05) is 13.6 Å². The quantitative estimate of drug-likeness (QED) is 0.882. The van der Waals surface area contributed by atoms with Crippen molar-refractivity contribution >= 4 is 11.9 Å². The first-order valence-electron chi connectivity index (χ1n) is 9.39. The maximum absolute atomic E-state index is 12.9. The zero-order valence-electron chi connectivity index (χ0n) is 14.9. The van der Waals surface area contributed by atoms with Gasteiger partial charge in [0.1, 0.15) is 6.04 Å². The highest BCUT2D eigenvalue weighted by Gasteiger charge is 2.35. The lowest BCUT2D eigenvalue weighted by Gasteiger charge is -2.33. The molecule has 0 radical (unpaired) electrons. The summed E-state index contributed by atoms with van der Waals surface area (Å²) in [7, 11) is 1.62. The molecule has 2 N–H and O–H groups in total. The molecule has 6 heteroatoms. The van der Waals surface area contributed by atoms with E-state index >= 15 is 0 Å². The van der Waals surface area contributed by atoms with Crippen LogP contribution < -0.4 is 10.6 Å². The number of hydrogen-bond acceptors (Lipinski definition) is 3. The molecular formula is C19H28N4O2. The number of amides is 3. The van der Waals surface area contributed by atoms with E-state index in [1.54, 1.807) is 18.1 Å². The molecule has 2 fully saturated rings. The molecule has 1 aromatic rings. The highest BCUT2D eigenvalue weighted by molar-refractivity contribution is 5.87. The number of carbonyl (C=O) groups is 2. The van der Waals surface area contributed by atoms with Gasteiger partial charge in [0.25, 0.3) is 0 Å². The fraction of sp³-hybridized carbons (Fsp3) is 0.632. The topological polar surface area (TPSA) is 74.3 Å². The lowest BCUT2D eigenvalue weighted by molar-refractivity contribution is -0.124. The first-order chi connectivity index (χ1) is 12.2. The van der Waals surface area contributed by atoms with E-state index in [0.717, 1.165) is 31.2 Å². The van der Waals surface area contributed by atoms with Crippen molar-refractivity contribution < 1.29 is 9.59 Å². The molecule has 1 saturated carbocycles. The van der Waals surface area contributed by atoms with Crippen molar-refractivity contribution in [1.82, 2.24) is 20.5 Å². The molecule has 0 aromatic carbocycles. The fourth-order valence-electron chi connectivity index (χ4n) is 4.17. The summed E-state index contributed by atoms with van der Waals surface area (Å²) >= 11 is 0. The average molecular weight is 344 g/mol. The predicted molar refractivity (Wildman–Crippen MR) is 95.9 cm³/mol. The summed E-state index contributed by atoms with van der Waals surface area (Å²) in [5, 5.41) is 5.89. The summed E-state index contributed by atoms with van der Waals surface area (Å²) in [6, 6.07) is 3.43. The molecule has 1 aliphatic heterocycles. The number of pyridine rings is 1. The van der Waals surface area contributed by atoms with Crippen molar-refractivity contribution in [3.63, 3.8) is 0 Å². The molecular weight excluding hydrogens is 316 g/mol. The number of carbonyl (C=O) groups excluding carboxylic acids is 2. The van der Waals surface area contributed by atoms with Gasteiger partial charge < -0.3 is 15.5 Å². The van der Waals surface area contributed by atoms with Gasteiger partial charge in [-0.25, -0.2) is 4.79 Å². The predicted octanol–water partition coefficient (Wildman–Crippen LogP) is 2.62. The molecule has 0 spiro atoms. The number of aromatic nitrogens is 1. The second-order valence-electron chi connectivity index (χ2n) is 7.08. The summed E-state index contributed by atoms with van der Waals surface area (Å²) in [5.74, 6) is 0.353. The maximum atomic E-state index is 12.9. The van der Waals surface area contributed by atoms with E-state index in [0.29, 0.717) is 12.5 Å². The van der Waals surface area contributed by atoms with Gasteiger partial charge in [-0.1, -0.05) is 25.3 Å². The van der Waals surface area contributed by atoms with Gasteiger partial charge in [-0.2, -0.15) is 0 Å². The van der Waals surface area contributed by atoms with Crippen LogP contribution in [0, 0.1) is 5.92 Å². The molecule has 3 amide bonds. The molecule has 1 aliphatic carbocycles. The van der Waals surface area contributed by atoms with Crippen LogP contribution >= 0.6 is 0 Å². The Hall–Kier alpha value is -2.11. The second-order valence-corrected chi connectivity index (χ2v) is 7.08. The number of hydrogen-bond donors (Lipinski definition) is 2. The molecule has 3 rings (SSSR count). The Morgan fingerprint density at radius 2 is 2.00 bits per heavy atom. The van der Waals surface area contributed by atoms with E-state index in [1.165, 1.54) is 19.3 Å². The van der Waals surface area contributed by atoms with Gasteiger partial charge in [0.2, 0.25) is 5.91 Å². The fourth-order valence-corrected chi connectivity index (χ4v) is 4.17. The smallest absolute Gasteiger partial charge is 0.318 e. The van der Waals surface area contributed by atoms with Crippen LogP contribution in [-0.4, -0.2) is 41.5 Å². The molecule has 0 bridgehead atoms. The SMILES string of the molecule is CNC(=O)[C@@H]1CCCN1C(=O)N[C@H](c1cccnc1)C1CCCCC1. The van der Waals surface area contributed by atoms with Crippen LogP contribution in [0.25, 0.3) is 0 Å². The van der Waals surface area contributed by atoms with Crippen LogP contribution in [0.2, 0.25) is 0 Å². The zero-order valence-corrected chi connectivity index (χ0v) is 14.9. The lowest BCUT2D eigenvalue weighted by Crippen LogP contribution is -2.50. The maximum Gasteiger partial charge on any atom is 0.318 e. The number of likely N-dealkylation sites (N-methyl/N-ethyl adjacent to an activating group) is 1. The molecule has 2 heterocycles. The summed E-state index contributed by atoms with van der Waals surface area (Å²) in [6.07, 6.45) is 11.1. The van der Waals surface area contributed by atoms with Crippen molar-refractivity contribution in [2.45, 2.75) is 57.0 Å². The minimum atomic E-state index is -0.356. The van der Waals surface area contributed by atoms with E-state index in [2.05, 4.69) is 15.6 Å². The van der Waals surface area contributed by atoms with Gasteiger partial charge in [0.05, 0.1) is 6.04 Å². The largest absolute Gasteiger partial charge is 0.357 e. The average Bonchev–Trinajstić information content (AvgIpc) is 3.16. The van der Waals surface area contributed by atoms with Crippen LogP contribution in [0.15, 0.2) is 24.5 Å². The van der Waals surface area contributed by atoms with Gasteiger partial charge in [-0.05, 0) is 43.2 Å². The number of likely N-dealkylation sites (tertiary alicyclic amines) is 1. The third-order valence-electron chi connectivity index (χ3n) is 5.51. The molecule has 25 heavy (non-hydrogen) atoms. The van der Waals surface area contributed by atoms with E-state index in [-0.39, 0.29) is 24.0 Å². The van der Waals surface area contributed by atoms with E-state index in [4.69, 9.17) is 0 Å². The van der Waals surface area contributed by atoms with Crippen molar-refractivity contribution in [2.24, 2.45) is 5.92 Å². The Labute approximate surface area is 149 Å². The third-order valence-corrected chi connectivity index (χ3v) is 5.51. The van der Waals surface area contributed by atoms with Gasteiger partial charge in [0.15, 0.2) is 0 Å². The number of urea groups is 1. The minimum absolute atomic E-state index is 0.0348. The molecule has 2 aliphatic rings. The van der Waals surface area contributed by atoms with Crippen molar-refractivity contribution in [1.29, 1.82) is 0 Å². The van der Waals surface area contributed by atoms with Crippen LogP contribution in [0.1, 0.15) is 56.6 Å². The molecule has 2 atom stereocenters. The van der Waals surface area contributed by atoms with Gasteiger partial charge in [-0.15, -0.1) is 0 Å². The number of nitrogens with zero attached hydrogens (tertiary/aromatic N) is 2. The van der Waals surface area contributed by atoms with Crippen LogP contribution in [0.3, 0.4) is 0 Å². The summed E-state index contributed by atoms with van der Waals surface area (Å²) in [4.78, 5) is 30.9. The van der Waals surface area contributed by atoms with Gasteiger partial charge in [0, 0.05) is 26.0 Å². The Bertz CT molecular complexity index is 586. The Balaban J connectivity index is 1.75. The molecule has 1 aromatic heterocycles. The highest BCUT2D eigenvalue weighted by atomic mass is 16.2. The summed E-state index contributed by atoms with van der Waals surface area (Å²) in [6.45, 7) is 0.633. The Morgan fingerprint density at radius 1 is 1.20 bits per heavy atom. The Kier molecular flexibility index (Phi) is 5.89. The van der Waals surface area contributed by atoms with E-state index in [9.17, 15) is 9.59 Å². The lowest BCUT2D eigenvalue weighted by atomic mass is 9.81. The van der Waals surface area contributed by atoms with Crippen LogP contribution in [0.5, 0.6) is 0 Å². The molecule has 0 unspecified atom stereocenters. The van der Waals surface area contributed by atoms with Gasteiger partial charge >= 0.3 is 6.03 Å². The van der Waals surface area contributed by atoms with Gasteiger partial charge in [-0.3, -0.25) is 9.78 Å². The zero-order chi connectivity index (χ0) is 17.6. The van der Waals surface area contributed by atoms with Crippen LogP contribution in [-0.2, 0) is 4.79 Å². The van der Waals surface area contributed by atoms with Crippen LogP contribution in [0.4, 0.5) is 4.79 Å². The van der Waals surface area contributed by atoms with E-state index < -0.39 is 0 Å². The summed E-state index contributed by atoms with van der Waals surface area (Å²) in [5.41, 5.74) is 1.05. The molecule has 1 saturated heterocycles. The van der Waals surface area contributed by atoms with Crippen molar-refractivity contribution in [3.05, 3.63) is 30.1 Å². The molecule has 136 valence electrons. The first-order valence-corrected chi connectivity index (χ1v) is 9.39. The second kappa shape index (κ2) is 8.32. The first kappa shape index (κ1) is 17.7. The van der Waals surface area contributed by atoms with E-state index in [1.807, 2.05) is 18.3 Å². The summed E-state index contributed by atoms with van der Waals surface area (Å²) < 4.78 is 0. The number of rotatable bonds is 4. The molecule has 6 nitrogen and oxygen atoms in total. The highest BCUT2D eigenvalue weighted by Crippen LogP contribution is 2.34.